The largest absolute Gasteiger partial charge is 0.460 e. The van der Waals surface area contributed by atoms with Gasteiger partial charge in [0.05, 0.1) is 6.54 Å². The van der Waals surface area contributed by atoms with Crippen molar-refractivity contribution in [2.75, 3.05) is 6.54 Å². The summed E-state index contributed by atoms with van der Waals surface area (Å²) in [5.41, 5.74) is 3.34. The minimum absolute atomic E-state index is 0.702. The second kappa shape index (κ2) is 7.89. The van der Waals surface area contributed by atoms with Gasteiger partial charge in [-0.15, -0.1) is 0 Å². The van der Waals surface area contributed by atoms with Crippen LogP contribution in [-0.2, 0) is 13.0 Å². The Morgan fingerprint density at radius 2 is 1.75 bits per heavy atom. The molecule has 0 aliphatic carbocycles. The highest BCUT2D eigenvalue weighted by atomic mass is 35.5. The van der Waals surface area contributed by atoms with E-state index in [0.717, 1.165) is 45.7 Å². The van der Waals surface area contributed by atoms with Crippen molar-refractivity contribution in [2.24, 2.45) is 0 Å². The van der Waals surface area contributed by atoms with Crippen LogP contribution in [0.3, 0.4) is 0 Å². The first kappa shape index (κ1) is 17.1. The highest BCUT2D eigenvalue weighted by Gasteiger charge is 2.09. The van der Waals surface area contributed by atoms with Crippen LogP contribution in [0.25, 0.3) is 11.3 Å². The molecule has 1 heterocycles. The lowest BCUT2D eigenvalue weighted by molar-refractivity contribution is 0.494. The second-order valence-electron chi connectivity index (χ2n) is 5.73. The predicted octanol–water partition coefficient (Wildman–Crippen LogP) is 5.89. The van der Waals surface area contributed by atoms with Crippen LogP contribution in [0.15, 0.2) is 59.0 Å². The number of nitrogens with one attached hydrogen (secondary N) is 1. The summed E-state index contributed by atoms with van der Waals surface area (Å²) in [5, 5.41) is 4.93. The number of halogens is 2. The van der Waals surface area contributed by atoms with Gasteiger partial charge in [-0.3, -0.25) is 0 Å². The van der Waals surface area contributed by atoms with Gasteiger partial charge in [-0.2, -0.15) is 0 Å². The monoisotopic (exact) mass is 359 g/mol. The number of furan rings is 1. The van der Waals surface area contributed by atoms with E-state index in [1.54, 1.807) is 0 Å². The lowest BCUT2D eigenvalue weighted by Gasteiger charge is -2.05. The van der Waals surface area contributed by atoms with Crippen LogP contribution in [0, 0.1) is 6.92 Å². The third kappa shape index (κ3) is 4.21. The number of hydrogen-bond acceptors (Lipinski definition) is 2. The molecule has 3 rings (SSSR count). The molecule has 4 heteroatoms. The molecule has 124 valence electrons. The molecule has 0 saturated carbocycles. The van der Waals surface area contributed by atoms with Crippen molar-refractivity contribution >= 4 is 23.2 Å². The van der Waals surface area contributed by atoms with E-state index in [4.69, 9.17) is 27.6 Å². The van der Waals surface area contributed by atoms with Crippen molar-refractivity contribution < 1.29 is 4.42 Å². The van der Waals surface area contributed by atoms with Crippen molar-refractivity contribution in [1.82, 2.24) is 5.32 Å². The summed E-state index contributed by atoms with van der Waals surface area (Å²) >= 11 is 12.1. The van der Waals surface area contributed by atoms with Crippen LogP contribution in [0.2, 0.25) is 10.0 Å². The van der Waals surface area contributed by atoms with Crippen LogP contribution < -0.4 is 5.32 Å². The average molecular weight is 360 g/mol. The third-order valence-electron chi connectivity index (χ3n) is 4.00. The van der Waals surface area contributed by atoms with Gasteiger partial charge in [0, 0.05) is 15.6 Å². The summed E-state index contributed by atoms with van der Waals surface area (Å²) in [6, 6.07) is 17.8. The molecule has 3 aromatic rings. The summed E-state index contributed by atoms with van der Waals surface area (Å²) < 4.78 is 5.93. The Hall–Kier alpha value is -1.74. The molecule has 0 bridgehead atoms. The van der Waals surface area contributed by atoms with E-state index >= 15 is 0 Å². The average Bonchev–Trinajstić information content (AvgIpc) is 3.04. The molecule has 24 heavy (non-hydrogen) atoms. The van der Waals surface area contributed by atoms with Gasteiger partial charge in [-0.25, -0.2) is 0 Å². The molecular weight excluding hydrogens is 341 g/mol. The predicted molar refractivity (Wildman–Crippen MR) is 101 cm³/mol. The van der Waals surface area contributed by atoms with Gasteiger partial charge in [0.2, 0.25) is 0 Å². The normalized spacial score (nSPS) is 11.0. The first-order valence-electron chi connectivity index (χ1n) is 7.93. The highest BCUT2D eigenvalue weighted by Crippen LogP contribution is 2.29. The van der Waals surface area contributed by atoms with E-state index in [9.17, 15) is 0 Å². The summed E-state index contributed by atoms with van der Waals surface area (Å²) in [5.74, 6) is 1.77. The van der Waals surface area contributed by atoms with Gasteiger partial charge in [0.15, 0.2) is 0 Å². The Kier molecular flexibility index (Phi) is 5.62. The first-order chi connectivity index (χ1) is 11.6. The fraction of sp³-hybridized carbons (Fsp3) is 0.200. The lowest BCUT2D eigenvalue weighted by atomic mass is 10.1. The van der Waals surface area contributed by atoms with Crippen LogP contribution in [0.4, 0.5) is 0 Å². The van der Waals surface area contributed by atoms with E-state index < -0.39 is 0 Å². The zero-order valence-electron chi connectivity index (χ0n) is 13.5. The molecule has 0 fully saturated rings. The molecule has 0 spiro atoms. The van der Waals surface area contributed by atoms with E-state index in [-0.39, 0.29) is 0 Å². The number of rotatable bonds is 6. The van der Waals surface area contributed by atoms with Crippen molar-refractivity contribution in [3.63, 3.8) is 0 Å². The third-order valence-corrected chi connectivity index (χ3v) is 4.66. The van der Waals surface area contributed by atoms with Crippen LogP contribution >= 0.6 is 23.2 Å². The highest BCUT2D eigenvalue weighted by molar-refractivity contribution is 6.31. The molecule has 0 radical (unpaired) electrons. The van der Waals surface area contributed by atoms with E-state index in [0.29, 0.717) is 6.54 Å². The van der Waals surface area contributed by atoms with Gasteiger partial charge in [0.25, 0.3) is 0 Å². The molecule has 0 atom stereocenters. The van der Waals surface area contributed by atoms with Crippen LogP contribution in [0.5, 0.6) is 0 Å². The van der Waals surface area contributed by atoms with Crippen molar-refractivity contribution in [1.29, 1.82) is 0 Å². The van der Waals surface area contributed by atoms with Crippen molar-refractivity contribution in [2.45, 2.75) is 19.9 Å². The maximum atomic E-state index is 6.18. The summed E-state index contributed by atoms with van der Waals surface area (Å²) in [4.78, 5) is 0. The van der Waals surface area contributed by atoms with Gasteiger partial charge in [-0.1, -0.05) is 47.5 Å². The van der Waals surface area contributed by atoms with Gasteiger partial charge in [0.1, 0.15) is 11.5 Å². The SMILES string of the molecule is Cc1c(Cl)cccc1-c1ccc(CNCCc2ccc(Cl)cc2)o1. The Morgan fingerprint density at radius 3 is 2.54 bits per heavy atom. The lowest BCUT2D eigenvalue weighted by Crippen LogP contribution is -2.16. The standard InChI is InChI=1S/C20H19Cl2NO/c1-14-18(3-2-4-19(14)22)20-10-9-17(24-20)13-23-12-11-15-5-7-16(21)8-6-15/h2-10,23H,11-13H2,1H3. The van der Waals surface area contributed by atoms with E-state index in [1.165, 1.54) is 5.56 Å². The maximum Gasteiger partial charge on any atom is 0.134 e. The zero-order valence-corrected chi connectivity index (χ0v) is 15.0. The van der Waals surface area contributed by atoms with Gasteiger partial charge < -0.3 is 9.73 Å². The van der Waals surface area contributed by atoms with Crippen molar-refractivity contribution in [3.8, 4) is 11.3 Å². The second-order valence-corrected chi connectivity index (χ2v) is 6.58. The van der Waals surface area contributed by atoms with Crippen LogP contribution in [0.1, 0.15) is 16.9 Å². The fourth-order valence-electron chi connectivity index (χ4n) is 2.59. The van der Waals surface area contributed by atoms with E-state index in [1.807, 2.05) is 49.4 Å². The smallest absolute Gasteiger partial charge is 0.134 e. The summed E-state index contributed by atoms with van der Waals surface area (Å²) in [6.45, 7) is 3.59. The van der Waals surface area contributed by atoms with Gasteiger partial charge >= 0.3 is 0 Å². The molecule has 1 N–H and O–H groups in total. The van der Waals surface area contributed by atoms with Gasteiger partial charge in [-0.05, 0) is 61.3 Å². The number of benzene rings is 2. The topological polar surface area (TPSA) is 25.2 Å². The molecular formula is C20H19Cl2NO. The molecule has 0 aliphatic rings. The Labute approximate surface area is 152 Å². The Balaban J connectivity index is 1.54. The van der Waals surface area contributed by atoms with Crippen molar-refractivity contribution in [3.05, 3.63) is 81.5 Å². The quantitative estimate of drug-likeness (QED) is 0.554. The van der Waals surface area contributed by atoms with E-state index in [2.05, 4.69) is 17.4 Å². The maximum absolute atomic E-state index is 6.18. The zero-order chi connectivity index (χ0) is 16.9. The fourth-order valence-corrected chi connectivity index (χ4v) is 2.89. The first-order valence-corrected chi connectivity index (χ1v) is 8.68. The Morgan fingerprint density at radius 1 is 0.958 bits per heavy atom. The number of hydrogen-bond donors (Lipinski definition) is 1. The Bertz CT molecular complexity index is 809. The molecule has 0 amide bonds. The molecule has 2 nitrogen and oxygen atoms in total. The summed E-state index contributed by atoms with van der Waals surface area (Å²) in [6.07, 6.45) is 0.956. The molecule has 0 unspecified atom stereocenters. The molecule has 1 aromatic heterocycles. The minimum atomic E-state index is 0.702. The molecule has 2 aromatic carbocycles. The van der Waals surface area contributed by atoms with Crippen LogP contribution in [-0.4, -0.2) is 6.54 Å². The minimum Gasteiger partial charge on any atom is -0.460 e. The molecule has 0 saturated heterocycles. The summed E-state index contributed by atoms with van der Waals surface area (Å²) in [7, 11) is 0. The molecule has 0 aliphatic heterocycles.